The Balaban J connectivity index is 2.17. The van der Waals surface area contributed by atoms with Crippen molar-refractivity contribution >= 4 is 5.91 Å². The highest BCUT2D eigenvalue weighted by Gasteiger charge is 2.13. The van der Waals surface area contributed by atoms with Crippen molar-refractivity contribution in [3.63, 3.8) is 0 Å². The zero-order valence-corrected chi connectivity index (χ0v) is 13.5. The molecule has 118 valence electrons. The van der Waals surface area contributed by atoms with Crippen LogP contribution in [0.5, 0.6) is 5.75 Å². The van der Waals surface area contributed by atoms with E-state index in [9.17, 15) is 4.79 Å². The Labute approximate surface area is 128 Å². The minimum absolute atomic E-state index is 0.122. The number of carbonyl (C=O) groups is 1. The van der Waals surface area contributed by atoms with E-state index in [4.69, 9.17) is 10.5 Å². The van der Waals surface area contributed by atoms with E-state index in [2.05, 4.69) is 12.1 Å². The molecule has 1 aromatic rings. The second kappa shape index (κ2) is 9.40. The topological polar surface area (TPSA) is 55.6 Å². The number of likely N-dealkylation sites (N-methyl/N-ethyl adjacent to an activating group) is 1. The van der Waals surface area contributed by atoms with Gasteiger partial charge >= 0.3 is 0 Å². The number of unbranched alkanes of at least 4 members (excludes halogenated alkanes) is 2. The van der Waals surface area contributed by atoms with Gasteiger partial charge in [0, 0.05) is 26.1 Å². The van der Waals surface area contributed by atoms with E-state index in [1.54, 1.807) is 12.0 Å². The molecule has 1 unspecified atom stereocenters. The first-order valence-corrected chi connectivity index (χ1v) is 7.67. The number of nitrogens with zero attached hydrogens (tertiary/aromatic N) is 1. The van der Waals surface area contributed by atoms with Crippen LogP contribution >= 0.6 is 0 Å². The summed E-state index contributed by atoms with van der Waals surface area (Å²) in [6.45, 7) is 2.49. The number of amides is 1. The van der Waals surface area contributed by atoms with E-state index >= 15 is 0 Å². The summed E-state index contributed by atoms with van der Waals surface area (Å²) < 4.78 is 5.14. The van der Waals surface area contributed by atoms with Crippen molar-refractivity contribution < 1.29 is 9.53 Å². The van der Waals surface area contributed by atoms with Gasteiger partial charge in [-0.15, -0.1) is 0 Å². The molecule has 1 atom stereocenters. The highest BCUT2D eigenvalue weighted by atomic mass is 16.5. The Kier molecular flexibility index (Phi) is 7.83. The van der Waals surface area contributed by atoms with E-state index in [-0.39, 0.29) is 11.9 Å². The number of benzene rings is 1. The molecular weight excluding hydrogens is 264 g/mol. The number of methoxy groups -OCH3 is 1. The van der Waals surface area contributed by atoms with Crippen molar-refractivity contribution in [2.75, 3.05) is 20.7 Å². The molecule has 1 aromatic carbocycles. The van der Waals surface area contributed by atoms with Gasteiger partial charge in [-0.25, -0.2) is 0 Å². The maximum atomic E-state index is 11.9. The first-order valence-electron chi connectivity index (χ1n) is 7.67. The van der Waals surface area contributed by atoms with E-state index < -0.39 is 0 Å². The molecule has 0 bridgehead atoms. The number of nitrogens with two attached hydrogens (primary N) is 1. The molecule has 0 fully saturated rings. The fourth-order valence-electron chi connectivity index (χ4n) is 2.15. The summed E-state index contributed by atoms with van der Waals surface area (Å²) in [6, 6.07) is 8.29. The zero-order chi connectivity index (χ0) is 15.7. The first kappa shape index (κ1) is 17.5. The lowest BCUT2D eigenvalue weighted by molar-refractivity contribution is -0.131. The van der Waals surface area contributed by atoms with Gasteiger partial charge in [0.1, 0.15) is 5.75 Å². The number of hydrogen-bond donors (Lipinski definition) is 1. The SMILES string of the molecule is COc1ccc(CCCCCC(=O)N(C)C(C)CN)cc1. The number of hydrogen-bond acceptors (Lipinski definition) is 3. The number of rotatable bonds is 9. The fraction of sp³-hybridized carbons (Fsp3) is 0.588. The van der Waals surface area contributed by atoms with Crippen molar-refractivity contribution in [3.8, 4) is 5.75 Å². The molecule has 4 nitrogen and oxygen atoms in total. The summed E-state index contributed by atoms with van der Waals surface area (Å²) in [5.41, 5.74) is 6.89. The van der Waals surface area contributed by atoms with Crippen LogP contribution in [0.15, 0.2) is 24.3 Å². The standard InChI is InChI=1S/C17H28N2O2/c1-14(13-18)19(2)17(20)8-6-4-5-7-15-9-11-16(21-3)12-10-15/h9-12,14H,4-8,13,18H2,1-3H3. The lowest BCUT2D eigenvalue weighted by Gasteiger charge is -2.23. The molecule has 0 aromatic heterocycles. The van der Waals surface area contributed by atoms with Crippen LogP contribution in [0.1, 0.15) is 38.2 Å². The third kappa shape index (κ3) is 6.17. The highest BCUT2D eigenvalue weighted by Crippen LogP contribution is 2.14. The summed E-state index contributed by atoms with van der Waals surface area (Å²) in [6.07, 6.45) is 4.78. The molecule has 1 rings (SSSR count). The Hall–Kier alpha value is -1.55. The van der Waals surface area contributed by atoms with Gasteiger partial charge in [0.25, 0.3) is 0 Å². The molecule has 0 spiro atoms. The maximum Gasteiger partial charge on any atom is 0.222 e. The van der Waals surface area contributed by atoms with E-state index in [0.29, 0.717) is 13.0 Å². The average Bonchev–Trinajstić information content (AvgIpc) is 2.53. The van der Waals surface area contributed by atoms with Gasteiger partial charge in [-0.1, -0.05) is 18.6 Å². The van der Waals surface area contributed by atoms with E-state index in [1.807, 2.05) is 26.1 Å². The highest BCUT2D eigenvalue weighted by molar-refractivity contribution is 5.76. The first-order chi connectivity index (χ1) is 10.1. The molecule has 0 aliphatic carbocycles. The summed E-state index contributed by atoms with van der Waals surface area (Å²) >= 11 is 0. The molecule has 0 saturated carbocycles. The quantitative estimate of drug-likeness (QED) is 0.712. The van der Waals surface area contributed by atoms with Gasteiger partial charge < -0.3 is 15.4 Å². The zero-order valence-electron chi connectivity index (χ0n) is 13.5. The summed E-state index contributed by atoms with van der Waals surface area (Å²) in [7, 11) is 3.51. The van der Waals surface area contributed by atoms with Crippen molar-refractivity contribution in [3.05, 3.63) is 29.8 Å². The lowest BCUT2D eigenvalue weighted by atomic mass is 10.1. The number of carbonyl (C=O) groups excluding carboxylic acids is 1. The largest absolute Gasteiger partial charge is 0.497 e. The molecule has 21 heavy (non-hydrogen) atoms. The van der Waals surface area contributed by atoms with Crippen molar-refractivity contribution in [1.82, 2.24) is 4.90 Å². The normalized spacial score (nSPS) is 12.0. The Morgan fingerprint density at radius 3 is 2.48 bits per heavy atom. The fourth-order valence-corrected chi connectivity index (χ4v) is 2.15. The summed E-state index contributed by atoms with van der Waals surface area (Å²) in [5.74, 6) is 1.08. The molecule has 0 aliphatic heterocycles. The molecular formula is C17H28N2O2. The second-order valence-corrected chi connectivity index (χ2v) is 5.50. The molecule has 4 heteroatoms. The van der Waals surface area contributed by atoms with Gasteiger partial charge in [0.2, 0.25) is 5.91 Å². The van der Waals surface area contributed by atoms with Crippen LogP contribution in [0.2, 0.25) is 0 Å². The molecule has 1 amide bonds. The van der Waals surface area contributed by atoms with Crippen LogP contribution in [0.3, 0.4) is 0 Å². The van der Waals surface area contributed by atoms with Gasteiger partial charge in [-0.3, -0.25) is 4.79 Å². The van der Waals surface area contributed by atoms with Crippen molar-refractivity contribution in [2.45, 2.75) is 45.1 Å². The third-order valence-corrected chi connectivity index (χ3v) is 3.91. The third-order valence-electron chi connectivity index (χ3n) is 3.91. The van der Waals surface area contributed by atoms with Crippen LogP contribution in [0.4, 0.5) is 0 Å². The van der Waals surface area contributed by atoms with Gasteiger partial charge in [-0.2, -0.15) is 0 Å². The van der Waals surface area contributed by atoms with Crippen LogP contribution in [-0.4, -0.2) is 37.6 Å². The predicted octanol–water partition coefficient (Wildman–Crippen LogP) is 2.60. The predicted molar refractivity (Wildman–Crippen MR) is 86.5 cm³/mol. The molecule has 0 heterocycles. The smallest absolute Gasteiger partial charge is 0.222 e. The molecule has 2 N–H and O–H groups in total. The van der Waals surface area contributed by atoms with Crippen LogP contribution in [0, 0.1) is 0 Å². The minimum Gasteiger partial charge on any atom is -0.497 e. The number of aryl methyl sites for hydroxylation is 1. The van der Waals surface area contributed by atoms with E-state index in [1.165, 1.54) is 5.56 Å². The Morgan fingerprint density at radius 2 is 1.90 bits per heavy atom. The van der Waals surface area contributed by atoms with Gasteiger partial charge in [0.15, 0.2) is 0 Å². The van der Waals surface area contributed by atoms with Crippen LogP contribution in [-0.2, 0) is 11.2 Å². The molecule has 0 radical (unpaired) electrons. The Morgan fingerprint density at radius 1 is 1.24 bits per heavy atom. The van der Waals surface area contributed by atoms with E-state index in [0.717, 1.165) is 31.4 Å². The Bertz CT molecular complexity index is 417. The van der Waals surface area contributed by atoms with Crippen molar-refractivity contribution in [2.24, 2.45) is 5.73 Å². The van der Waals surface area contributed by atoms with Crippen molar-refractivity contribution in [1.29, 1.82) is 0 Å². The number of ether oxygens (including phenoxy) is 1. The monoisotopic (exact) mass is 292 g/mol. The van der Waals surface area contributed by atoms with Crippen LogP contribution in [0.25, 0.3) is 0 Å². The van der Waals surface area contributed by atoms with Gasteiger partial charge in [-0.05, 0) is 43.9 Å². The minimum atomic E-state index is 0.122. The molecule has 0 saturated heterocycles. The van der Waals surface area contributed by atoms with Crippen LogP contribution < -0.4 is 10.5 Å². The summed E-state index contributed by atoms with van der Waals surface area (Å²) in [4.78, 5) is 13.7. The summed E-state index contributed by atoms with van der Waals surface area (Å²) in [5, 5.41) is 0. The molecule has 0 aliphatic rings. The maximum absolute atomic E-state index is 11.9. The van der Waals surface area contributed by atoms with Gasteiger partial charge in [0.05, 0.1) is 7.11 Å². The second-order valence-electron chi connectivity index (χ2n) is 5.50. The average molecular weight is 292 g/mol. The lowest BCUT2D eigenvalue weighted by Crippen LogP contribution is -2.39.